The smallest absolute Gasteiger partial charge is 0.219 e. The van der Waals surface area contributed by atoms with E-state index in [4.69, 9.17) is 9.47 Å². The van der Waals surface area contributed by atoms with Gasteiger partial charge in [-0.1, -0.05) is 6.07 Å². The summed E-state index contributed by atoms with van der Waals surface area (Å²) in [4.78, 5) is 17.9. The zero-order valence-corrected chi connectivity index (χ0v) is 14.8. The maximum atomic E-state index is 11.5. The molecule has 3 heterocycles. The van der Waals surface area contributed by atoms with Crippen LogP contribution < -0.4 is 0 Å². The Kier molecular flexibility index (Phi) is 5.51. The van der Waals surface area contributed by atoms with E-state index in [9.17, 15) is 4.79 Å². The van der Waals surface area contributed by atoms with Crippen molar-refractivity contribution in [2.24, 2.45) is 5.92 Å². The van der Waals surface area contributed by atoms with E-state index in [0.717, 1.165) is 63.4 Å². The Balaban J connectivity index is 1.46. The Hall–Kier alpha value is -1.46. The second kappa shape index (κ2) is 7.62. The van der Waals surface area contributed by atoms with Gasteiger partial charge in [0.1, 0.15) is 0 Å². The fourth-order valence-electron chi connectivity index (χ4n) is 4.03. The summed E-state index contributed by atoms with van der Waals surface area (Å²) in [5.41, 5.74) is 1.98. The van der Waals surface area contributed by atoms with Crippen molar-refractivity contribution in [3.05, 3.63) is 29.6 Å². The van der Waals surface area contributed by atoms with Gasteiger partial charge in [0, 0.05) is 38.9 Å². The van der Waals surface area contributed by atoms with E-state index in [0.29, 0.717) is 12.5 Å². The topological polar surface area (TPSA) is 51.7 Å². The van der Waals surface area contributed by atoms with E-state index in [1.165, 1.54) is 0 Å². The Morgan fingerprint density at radius 2 is 2.21 bits per heavy atom. The molecule has 5 heteroatoms. The highest BCUT2D eigenvalue weighted by Gasteiger charge is 2.46. The number of piperidine rings is 1. The summed E-state index contributed by atoms with van der Waals surface area (Å²) in [5, 5.41) is 0. The van der Waals surface area contributed by atoms with Crippen LogP contribution in [0, 0.1) is 12.8 Å². The molecule has 132 valence electrons. The largest absolute Gasteiger partial charge is 0.375 e. The number of carbonyl (C=O) groups is 1. The molecule has 1 atom stereocenters. The summed E-state index contributed by atoms with van der Waals surface area (Å²) >= 11 is 0. The quantitative estimate of drug-likeness (QED) is 0.778. The molecule has 0 bridgehead atoms. The Morgan fingerprint density at radius 1 is 1.42 bits per heavy atom. The molecule has 0 radical (unpaired) electrons. The molecule has 2 aliphatic heterocycles. The van der Waals surface area contributed by atoms with Gasteiger partial charge in [-0.2, -0.15) is 0 Å². The number of ether oxygens (including phenoxy) is 2. The summed E-state index contributed by atoms with van der Waals surface area (Å²) in [6.07, 6.45) is 4.03. The molecule has 0 N–H and O–H groups in total. The first-order valence-electron chi connectivity index (χ1n) is 8.99. The van der Waals surface area contributed by atoms with Gasteiger partial charge in [0.2, 0.25) is 5.91 Å². The Bertz CT molecular complexity index is 567. The van der Waals surface area contributed by atoms with Gasteiger partial charge in [-0.15, -0.1) is 0 Å². The molecule has 2 fully saturated rings. The van der Waals surface area contributed by atoms with Crippen molar-refractivity contribution in [2.75, 3.05) is 26.3 Å². The summed E-state index contributed by atoms with van der Waals surface area (Å²) in [7, 11) is 0. The molecule has 0 saturated carbocycles. The third kappa shape index (κ3) is 3.95. The molecule has 5 nitrogen and oxygen atoms in total. The van der Waals surface area contributed by atoms with Crippen molar-refractivity contribution in [3.8, 4) is 0 Å². The number of aromatic nitrogens is 1. The van der Waals surface area contributed by atoms with Gasteiger partial charge in [0.05, 0.1) is 17.9 Å². The molecule has 1 spiro atoms. The summed E-state index contributed by atoms with van der Waals surface area (Å²) in [6, 6.07) is 6.02. The van der Waals surface area contributed by atoms with E-state index in [1.807, 2.05) is 30.0 Å². The number of hydrogen-bond donors (Lipinski definition) is 0. The lowest BCUT2D eigenvalue weighted by Crippen LogP contribution is -2.49. The van der Waals surface area contributed by atoms with Gasteiger partial charge in [-0.05, 0) is 50.7 Å². The molecule has 1 aromatic heterocycles. The van der Waals surface area contributed by atoms with E-state index >= 15 is 0 Å². The highest BCUT2D eigenvalue weighted by Crippen LogP contribution is 2.42. The zero-order chi connectivity index (χ0) is 17.0. The van der Waals surface area contributed by atoms with Crippen LogP contribution in [0.5, 0.6) is 0 Å². The molecule has 24 heavy (non-hydrogen) atoms. The molecule has 1 aromatic rings. The molecule has 2 saturated heterocycles. The number of rotatable bonds is 5. The van der Waals surface area contributed by atoms with Crippen LogP contribution in [0.1, 0.15) is 44.0 Å². The standard InChI is InChI=1S/C19H28N2O3/c1-15-4-3-5-18(20-15)14-23-12-6-17-7-13-24-19(17)8-10-21(11-9-19)16(2)22/h3-5,17H,6-14H2,1-2H3. The lowest BCUT2D eigenvalue weighted by atomic mass is 9.78. The van der Waals surface area contributed by atoms with Crippen LogP contribution >= 0.6 is 0 Å². The number of hydrogen-bond acceptors (Lipinski definition) is 4. The summed E-state index contributed by atoms with van der Waals surface area (Å²) < 4.78 is 12.0. The molecule has 1 amide bonds. The highest BCUT2D eigenvalue weighted by atomic mass is 16.5. The van der Waals surface area contributed by atoms with Gasteiger partial charge in [-0.25, -0.2) is 0 Å². The molecule has 2 aliphatic rings. The van der Waals surface area contributed by atoms with Crippen molar-refractivity contribution in [1.29, 1.82) is 0 Å². The van der Waals surface area contributed by atoms with Gasteiger partial charge >= 0.3 is 0 Å². The van der Waals surface area contributed by atoms with Crippen LogP contribution in [0.2, 0.25) is 0 Å². The van der Waals surface area contributed by atoms with E-state index in [2.05, 4.69) is 4.98 Å². The fourth-order valence-corrected chi connectivity index (χ4v) is 4.03. The van der Waals surface area contributed by atoms with Crippen LogP contribution in [0.4, 0.5) is 0 Å². The van der Waals surface area contributed by atoms with E-state index in [1.54, 1.807) is 6.92 Å². The van der Waals surface area contributed by atoms with Gasteiger partial charge in [-0.3, -0.25) is 9.78 Å². The number of nitrogens with zero attached hydrogens (tertiary/aromatic N) is 2. The molecule has 1 unspecified atom stereocenters. The summed E-state index contributed by atoms with van der Waals surface area (Å²) in [5.74, 6) is 0.713. The maximum Gasteiger partial charge on any atom is 0.219 e. The Labute approximate surface area is 144 Å². The third-order valence-electron chi connectivity index (χ3n) is 5.46. The van der Waals surface area contributed by atoms with Gasteiger partial charge in [0.25, 0.3) is 0 Å². The van der Waals surface area contributed by atoms with Crippen molar-refractivity contribution in [3.63, 3.8) is 0 Å². The summed E-state index contributed by atoms with van der Waals surface area (Å²) in [6.45, 7) is 7.43. The zero-order valence-electron chi connectivity index (χ0n) is 14.8. The monoisotopic (exact) mass is 332 g/mol. The first kappa shape index (κ1) is 17.4. The maximum absolute atomic E-state index is 11.5. The lowest BCUT2D eigenvalue weighted by molar-refractivity contribution is -0.135. The average Bonchev–Trinajstić information content (AvgIpc) is 2.94. The normalized spacial score (nSPS) is 22.9. The first-order chi connectivity index (χ1) is 11.6. The number of pyridine rings is 1. The minimum atomic E-state index is -0.0309. The van der Waals surface area contributed by atoms with Crippen molar-refractivity contribution >= 4 is 5.91 Å². The number of amides is 1. The van der Waals surface area contributed by atoms with Gasteiger partial charge in [0.15, 0.2) is 0 Å². The van der Waals surface area contributed by atoms with E-state index in [-0.39, 0.29) is 11.5 Å². The Morgan fingerprint density at radius 3 is 2.92 bits per heavy atom. The average molecular weight is 332 g/mol. The highest BCUT2D eigenvalue weighted by molar-refractivity contribution is 5.73. The molecule has 3 rings (SSSR count). The fraction of sp³-hybridized carbons (Fsp3) is 0.684. The predicted molar refractivity (Wildman–Crippen MR) is 91.5 cm³/mol. The SMILES string of the molecule is CC(=O)N1CCC2(CC1)OCCC2CCOCc1cccc(C)n1. The number of carbonyl (C=O) groups excluding carboxylic acids is 1. The van der Waals surface area contributed by atoms with Crippen LogP contribution in [-0.4, -0.2) is 47.7 Å². The molecule has 0 aromatic carbocycles. The van der Waals surface area contributed by atoms with Crippen LogP contribution in [0.25, 0.3) is 0 Å². The van der Waals surface area contributed by atoms with Crippen LogP contribution in [0.3, 0.4) is 0 Å². The van der Waals surface area contributed by atoms with Crippen LogP contribution in [-0.2, 0) is 20.9 Å². The molecular formula is C19H28N2O3. The predicted octanol–water partition coefficient (Wildman–Crippen LogP) is 2.71. The second-order valence-electron chi connectivity index (χ2n) is 7.02. The second-order valence-corrected chi connectivity index (χ2v) is 7.02. The number of aryl methyl sites for hydroxylation is 1. The number of likely N-dealkylation sites (tertiary alicyclic amines) is 1. The molecular weight excluding hydrogens is 304 g/mol. The minimum absolute atomic E-state index is 0.0309. The van der Waals surface area contributed by atoms with Crippen LogP contribution in [0.15, 0.2) is 18.2 Å². The van der Waals surface area contributed by atoms with E-state index < -0.39 is 0 Å². The van der Waals surface area contributed by atoms with Crippen molar-refractivity contribution < 1.29 is 14.3 Å². The lowest BCUT2D eigenvalue weighted by Gasteiger charge is -2.42. The first-order valence-corrected chi connectivity index (χ1v) is 8.99. The van der Waals surface area contributed by atoms with Crippen molar-refractivity contribution in [2.45, 2.75) is 51.7 Å². The van der Waals surface area contributed by atoms with Gasteiger partial charge < -0.3 is 14.4 Å². The minimum Gasteiger partial charge on any atom is -0.375 e. The molecule has 0 aliphatic carbocycles. The van der Waals surface area contributed by atoms with Crippen molar-refractivity contribution in [1.82, 2.24) is 9.88 Å². The third-order valence-corrected chi connectivity index (χ3v) is 5.46.